The van der Waals surface area contributed by atoms with Gasteiger partial charge in [-0.15, -0.1) is 0 Å². The van der Waals surface area contributed by atoms with Gasteiger partial charge in [-0.2, -0.15) is 0 Å². The highest BCUT2D eigenvalue weighted by Gasteiger charge is 2.18. The van der Waals surface area contributed by atoms with Gasteiger partial charge in [0.15, 0.2) is 15.0 Å². The standard InChI is InChI=1S/C18H19N3O5S2/c1-18(2,3)26-17(22)21-16-19-13-9-10-14(20-15(13)27-16)25-11-5-7-12(8-6-11)28(4,23)24/h5-10H,1-4H3,(H,19,21,22). The molecule has 0 fully saturated rings. The van der Waals surface area contributed by atoms with E-state index < -0.39 is 21.5 Å². The van der Waals surface area contributed by atoms with Crippen molar-refractivity contribution in [3.8, 4) is 11.6 Å². The molecule has 10 heteroatoms. The van der Waals surface area contributed by atoms with E-state index in [4.69, 9.17) is 9.47 Å². The molecule has 1 aromatic carbocycles. The van der Waals surface area contributed by atoms with Gasteiger partial charge in [-0.3, -0.25) is 5.32 Å². The molecule has 0 saturated carbocycles. The van der Waals surface area contributed by atoms with Crippen LogP contribution >= 0.6 is 11.3 Å². The van der Waals surface area contributed by atoms with Gasteiger partial charge in [-0.25, -0.2) is 23.2 Å². The summed E-state index contributed by atoms with van der Waals surface area (Å²) in [6.07, 6.45) is 0.555. The quantitative estimate of drug-likeness (QED) is 0.671. The number of anilines is 1. The Kier molecular flexibility index (Phi) is 5.26. The Bertz CT molecular complexity index is 1120. The Morgan fingerprint density at radius 2 is 1.75 bits per heavy atom. The number of amides is 1. The van der Waals surface area contributed by atoms with Crippen LogP contribution in [0.3, 0.4) is 0 Å². The smallest absolute Gasteiger partial charge is 0.413 e. The largest absolute Gasteiger partial charge is 0.444 e. The van der Waals surface area contributed by atoms with Crippen LogP contribution < -0.4 is 10.1 Å². The lowest BCUT2D eigenvalue weighted by molar-refractivity contribution is 0.0636. The van der Waals surface area contributed by atoms with Crippen LogP contribution in [-0.4, -0.2) is 36.3 Å². The minimum Gasteiger partial charge on any atom is -0.444 e. The number of sulfone groups is 1. The Balaban J connectivity index is 1.74. The number of nitrogens with zero attached hydrogens (tertiary/aromatic N) is 2. The zero-order valence-electron chi connectivity index (χ0n) is 15.7. The van der Waals surface area contributed by atoms with Crippen LogP contribution in [0, 0.1) is 0 Å². The third-order valence-corrected chi connectivity index (χ3v) is 5.32. The van der Waals surface area contributed by atoms with Crippen LogP contribution in [0.2, 0.25) is 0 Å². The lowest BCUT2D eigenvalue weighted by atomic mass is 10.2. The van der Waals surface area contributed by atoms with E-state index in [9.17, 15) is 13.2 Å². The van der Waals surface area contributed by atoms with Crippen molar-refractivity contribution in [3.05, 3.63) is 36.4 Å². The highest BCUT2D eigenvalue weighted by molar-refractivity contribution is 7.90. The molecule has 2 aromatic heterocycles. The first kappa shape index (κ1) is 20.0. The molecule has 2 heterocycles. The predicted octanol–water partition coefficient (Wildman–Crippen LogP) is 4.23. The third-order valence-electron chi connectivity index (χ3n) is 3.31. The SMILES string of the molecule is CC(C)(C)OC(=O)Nc1nc2ccc(Oc3ccc(S(C)(=O)=O)cc3)nc2s1. The summed E-state index contributed by atoms with van der Waals surface area (Å²) < 4.78 is 33.9. The highest BCUT2D eigenvalue weighted by Crippen LogP contribution is 2.29. The number of aromatic nitrogens is 2. The molecule has 3 aromatic rings. The number of hydrogen-bond donors (Lipinski definition) is 1. The second-order valence-electron chi connectivity index (χ2n) is 6.97. The van der Waals surface area contributed by atoms with E-state index in [-0.39, 0.29) is 4.90 Å². The number of carbonyl (C=O) groups excluding carboxylic acids is 1. The number of thiazole rings is 1. The van der Waals surface area contributed by atoms with Crippen LogP contribution in [0.4, 0.5) is 9.93 Å². The molecule has 1 amide bonds. The summed E-state index contributed by atoms with van der Waals surface area (Å²) in [5, 5.41) is 2.95. The van der Waals surface area contributed by atoms with E-state index in [0.717, 1.165) is 6.26 Å². The van der Waals surface area contributed by atoms with Crippen LogP contribution in [0.5, 0.6) is 11.6 Å². The predicted molar refractivity (Wildman–Crippen MR) is 107 cm³/mol. The summed E-state index contributed by atoms with van der Waals surface area (Å²) >= 11 is 1.19. The van der Waals surface area contributed by atoms with Crippen LogP contribution in [0.15, 0.2) is 41.3 Å². The summed E-state index contributed by atoms with van der Waals surface area (Å²) in [7, 11) is -3.26. The van der Waals surface area contributed by atoms with Crippen molar-refractivity contribution >= 4 is 42.7 Å². The summed E-state index contributed by atoms with van der Waals surface area (Å²) in [5.74, 6) is 0.781. The van der Waals surface area contributed by atoms with Crippen molar-refractivity contribution in [3.63, 3.8) is 0 Å². The second kappa shape index (κ2) is 7.36. The molecular formula is C18H19N3O5S2. The molecule has 0 saturated heterocycles. The maximum Gasteiger partial charge on any atom is 0.413 e. The molecule has 0 radical (unpaired) electrons. The minimum absolute atomic E-state index is 0.212. The summed E-state index contributed by atoms with van der Waals surface area (Å²) in [4.78, 5) is 21.3. The number of fused-ring (bicyclic) bond motifs is 1. The zero-order chi connectivity index (χ0) is 20.5. The molecule has 0 atom stereocenters. The number of pyridine rings is 1. The van der Waals surface area contributed by atoms with Gasteiger partial charge in [0.25, 0.3) is 0 Å². The van der Waals surface area contributed by atoms with Crippen LogP contribution in [-0.2, 0) is 14.6 Å². The number of nitrogens with one attached hydrogen (secondary N) is 1. The van der Waals surface area contributed by atoms with Crippen LogP contribution in [0.25, 0.3) is 10.3 Å². The van der Waals surface area contributed by atoms with E-state index in [1.165, 1.54) is 23.5 Å². The molecule has 0 unspecified atom stereocenters. The van der Waals surface area contributed by atoms with Gasteiger partial charge in [-0.05, 0) is 51.1 Å². The molecule has 3 rings (SSSR count). The number of ether oxygens (including phenoxy) is 2. The molecule has 0 spiro atoms. The van der Waals surface area contributed by atoms with E-state index >= 15 is 0 Å². The van der Waals surface area contributed by atoms with Crippen molar-refractivity contribution in [1.82, 2.24) is 9.97 Å². The molecule has 0 aliphatic heterocycles. The van der Waals surface area contributed by atoms with Gasteiger partial charge in [0.05, 0.1) is 4.90 Å². The van der Waals surface area contributed by atoms with Gasteiger partial charge in [0.2, 0.25) is 5.88 Å². The normalized spacial score (nSPS) is 12.0. The number of benzene rings is 1. The van der Waals surface area contributed by atoms with E-state index in [1.807, 2.05) is 0 Å². The van der Waals surface area contributed by atoms with Crippen molar-refractivity contribution in [2.24, 2.45) is 0 Å². The first-order valence-electron chi connectivity index (χ1n) is 8.25. The third kappa shape index (κ3) is 5.17. The Hall–Kier alpha value is -2.72. The number of carbonyl (C=O) groups is 1. The number of rotatable bonds is 4. The van der Waals surface area contributed by atoms with E-state index in [1.54, 1.807) is 45.0 Å². The van der Waals surface area contributed by atoms with Crippen LogP contribution in [0.1, 0.15) is 20.8 Å². The van der Waals surface area contributed by atoms with E-state index in [2.05, 4.69) is 15.3 Å². The Morgan fingerprint density at radius 1 is 1.07 bits per heavy atom. The van der Waals surface area contributed by atoms with Crippen molar-refractivity contribution < 1.29 is 22.7 Å². The summed E-state index contributed by atoms with van der Waals surface area (Å²) in [5.41, 5.74) is 0.00277. The highest BCUT2D eigenvalue weighted by atomic mass is 32.2. The molecule has 0 bridgehead atoms. The lowest BCUT2D eigenvalue weighted by Crippen LogP contribution is -2.27. The maximum absolute atomic E-state index is 11.9. The Morgan fingerprint density at radius 3 is 2.36 bits per heavy atom. The van der Waals surface area contributed by atoms with Gasteiger partial charge in [0, 0.05) is 12.3 Å². The van der Waals surface area contributed by atoms with Crippen molar-refractivity contribution in [2.75, 3.05) is 11.6 Å². The first-order chi connectivity index (χ1) is 13.0. The van der Waals surface area contributed by atoms with Crippen molar-refractivity contribution in [1.29, 1.82) is 0 Å². The van der Waals surface area contributed by atoms with E-state index in [0.29, 0.717) is 27.1 Å². The maximum atomic E-state index is 11.9. The van der Waals surface area contributed by atoms with Gasteiger partial charge >= 0.3 is 6.09 Å². The molecule has 0 aliphatic rings. The lowest BCUT2D eigenvalue weighted by Gasteiger charge is -2.18. The molecule has 28 heavy (non-hydrogen) atoms. The van der Waals surface area contributed by atoms with Gasteiger partial charge in [-0.1, -0.05) is 11.3 Å². The van der Waals surface area contributed by atoms with Gasteiger partial charge in [0.1, 0.15) is 21.7 Å². The first-order valence-corrected chi connectivity index (χ1v) is 11.0. The fourth-order valence-electron chi connectivity index (χ4n) is 2.18. The fourth-order valence-corrected chi connectivity index (χ4v) is 3.62. The molecule has 148 valence electrons. The fraction of sp³-hybridized carbons (Fsp3) is 0.278. The average Bonchev–Trinajstić information content (AvgIpc) is 2.94. The van der Waals surface area contributed by atoms with Gasteiger partial charge < -0.3 is 9.47 Å². The van der Waals surface area contributed by atoms with Crippen molar-refractivity contribution in [2.45, 2.75) is 31.3 Å². The molecule has 0 aliphatic carbocycles. The zero-order valence-corrected chi connectivity index (χ0v) is 17.3. The average molecular weight is 422 g/mol. The summed E-state index contributed by atoms with van der Waals surface area (Å²) in [6, 6.07) is 9.43. The minimum atomic E-state index is -3.26. The Labute approximate surface area is 166 Å². The number of hydrogen-bond acceptors (Lipinski definition) is 8. The molecule has 8 nitrogen and oxygen atoms in total. The monoisotopic (exact) mass is 421 g/mol. The summed E-state index contributed by atoms with van der Waals surface area (Å²) in [6.45, 7) is 5.33. The topological polar surface area (TPSA) is 107 Å². The molecular weight excluding hydrogens is 402 g/mol. The second-order valence-corrected chi connectivity index (χ2v) is 9.96. The molecule has 1 N–H and O–H groups in total.